The van der Waals surface area contributed by atoms with Crippen molar-refractivity contribution in [3.05, 3.63) is 37.7 Å². The van der Waals surface area contributed by atoms with Gasteiger partial charge < -0.3 is 5.32 Å². The molecule has 0 saturated heterocycles. The van der Waals surface area contributed by atoms with Gasteiger partial charge in [-0.15, -0.1) is 11.3 Å². The number of aromatic nitrogens is 2. The minimum absolute atomic E-state index is 0.125. The second-order valence-corrected chi connectivity index (χ2v) is 10.5. The lowest BCUT2D eigenvalue weighted by atomic mass is 10.1. The number of hydrogen-bond acceptors (Lipinski definition) is 4. The van der Waals surface area contributed by atoms with Gasteiger partial charge in [-0.1, -0.05) is 13.8 Å². The van der Waals surface area contributed by atoms with E-state index in [0.717, 1.165) is 36.7 Å². The van der Waals surface area contributed by atoms with Crippen molar-refractivity contribution in [3.63, 3.8) is 0 Å². The first kappa shape index (κ1) is 21.5. The molecule has 0 unspecified atom stereocenters. The summed E-state index contributed by atoms with van der Waals surface area (Å²) in [5.41, 5.74) is 3.47. The van der Waals surface area contributed by atoms with Gasteiger partial charge in [-0.3, -0.25) is 9.48 Å². The fourth-order valence-corrected chi connectivity index (χ4v) is 5.26. The van der Waals surface area contributed by atoms with Gasteiger partial charge in [-0.25, -0.2) is 0 Å². The molecule has 0 bridgehead atoms. The Morgan fingerprint density at radius 2 is 2.15 bits per heavy atom. The SMILES string of the molecule is Cc1nn(CC(C)C)c(C)c1CCC(=O)NCCSCc1ccc(Br)s1. The highest BCUT2D eigenvalue weighted by Crippen LogP contribution is 2.25. The Kier molecular flexibility index (Phi) is 8.70. The Morgan fingerprint density at radius 3 is 2.81 bits per heavy atom. The van der Waals surface area contributed by atoms with Crippen LogP contribution in [0.1, 0.15) is 42.1 Å². The molecular formula is C19H28BrN3OS2. The summed E-state index contributed by atoms with van der Waals surface area (Å²) in [5.74, 6) is 2.63. The summed E-state index contributed by atoms with van der Waals surface area (Å²) in [6.45, 7) is 10.2. The lowest BCUT2D eigenvalue weighted by Gasteiger charge is -2.08. The molecule has 0 saturated carbocycles. The monoisotopic (exact) mass is 457 g/mol. The van der Waals surface area contributed by atoms with Crippen LogP contribution in [0.25, 0.3) is 0 Å². The topological polar surface area (TPSA) is 46.9 Å². The number of nitrogens with one attached hydrogen (secondary N) is 1. The van der Waals surface area contributed by atoms with Crippen LogP contribution in [0.5, 0.6) is 0 Å². The summed E-state index contributed by atoms with van der Waals surface area (Å²) in [6, 6.07) is 4.22. The molecule has 2 heterocycles. The molecular weight excluding hydrogens is 430 g/mol. The number of aryl methyl sites for hydroxylation is 1. The number of thiophene rings is 1. The molecule has 0 aliphatic rings. The van der Waals surface area contributed by atoms with Gasteiger partial charge >= 0.3 is 0 Å². The van der Waals surface area contributed by atoms with Crippen LogP contribution in [0.2, 0.25) is 0 Å². The van der Waals surface area contributed by atoms with E-state index in [1.54, 1.807) is 11.3 Å². The van der Waals surface area contributed by atoms with Crippen molar-refractivity contribution in [3.8, 4) is 0 Å². The van der Waals surface area contributed by atoms with E-state index in [1.807, 2.05) is 18.7 Å². The van der Waals surface area contributed by atoms with Gasteiger partial charge in [-0.05, 0) is 59.8 Å². The Balaban J connectivity index is 1.68. The summed E-state index contributed by atoms with van der Waals surface area (Å²) in [7, 11) is 0. The highest BCUT2D eigenvalue weighted by Gasteiger charge is 2.13. The predicted octanol–water partition coefficient (Wildman–Crippen LogP) is 4.96. The Morgan fingerprint density at radius 1 is 1.38 bits per heavy atom. The first-order valence-electron chi connectivity index (χ1n) is 8.98. The minimum Gasteiger partial charge on any atom is -0.355 e. The van der Waals surface area contributed by atoms with E-state index in [-0.39, 0.29) is 5.91 Å². The van der Waals surface area contributed by atoms with Crippen molar-refractivity contribution < 1.29 is 4.79 Å². The molecule has 2 aromatic rings. The van der Waals surface area contributed by atoms with Crippen molar-refractivity contribution in [2.45, 2.75) is 52.8 Å². The van der Waals surface area contributed by atoms with E-state index < -0.39 is 0 Å². The molecule has 1 amide bonds. The standard InChI is InChI=1S/C19H28BrN3OS2/c1-13(2)11-23-15(4)17(14(3)22-23)6-8-19(24)21-9-10-25-12-16-5-7-18(20)26-16/h5,7,13H,6,8-12H2,1-4H3,(H,21,24). The van der Waals surface area contributed by atoms with Crippen LogP contribution < -0.4 is 5.32 Å². The van der Waals surface area contributed by atoms with Crippen LogP contribution in [0.3, 0.4) is 0 Å². The van der Waals surface area contributed by atoms with Crippen LogP contribution in [-0.2, 0) is 23.5 Å². The van der Waals surface area contributed by atoms with Crippen LogP contribution in [0.4, 0.5) is 0 Å². The van der Waals surface area contributed by atoms with E-state index in [2.05, 4.69) is 63.9 Å². The smallest absolute Gasteiger partial charge is 0.220 e. The first-order chi connectivity index (χ1) is 12.4. The Hall–Kier alpha value is -0.790. The second-order valence-electron chi connectivity index (χ2n) is 6.83. The number of nitrogens with zero attached hydrogens (tertiary/aromatic N) is 2. The predicted molar refractivity (Wildman–Crippen MR) is 116 cm³/mol. The van der Waals surface area contributed by atoms with Crippen LogP contribution in [0, 0.1) is 19.8 Å². The highest BCUT2D eigenvalue weighted by atomic mass is 79.9. The molecule has 0 aromatic carbocycles. The van der Waals surface area contributed by atoms with Crippen molar-refractivity contribution in [2.75, 3.05) is 12.3 Å². The largest absolute Gasteiger partial charge is 0.355 e. The van der Waals surface area contributed by atoms with E-state index in [0.29, 0.717) is 12.3 Å². The van der Waals surface area contributed by atoms with Crippen LogP contribution >= 0.6 is 39.0 Å². The number of carbonyl (C=O) groups is 1. The van der Waals surface area contributed by atoms with Gasteiger partial charge in [0.15, 0.2) is 0 Å². The molecule has 144 valence electrons. The summed E-state index contributed by atoms with van der Waals surface area (Å²) >= 11 is 7.10. The normalized spacial score (nSPS) is 11.3. The molecule has 4 nitrogen and oxygen atoms in total. The average Bonchev–Trinajstić information content (AvgIpc) is 3.09. The number of rotatable bonds is 10. The Labute approximate surface area is 173 Å². The molecule has 0 fully saturated rings. The summed E-state index contributed by atoms with van der Waals surface area (Å²) in [6.07, 6.45) is 1.29. The lowest BCUT2D eigenvalue weighted by Crippen LogP contribution is -2.26. The van der Waals surface area contributed by atoms with Gasteiger partial charge in [0.05, 0.1) is 9.48 Å². The van der Waals surface area contributed by atoms with Gasteiger partial charge in [0.2, 0.25) is 5.91 Å². The molecule has 0 spiro atoms. The molecule has 0 aliphatic heterocycles. The number of halogens is 1. The number of thioether (sulfide) groups is 1. The summed E-state index contributed by atoms with van der Waals surface area (Å²) < 4.78 is 3.25. The number of carbonyl (C=O) groups excluding carboxylic acids is 1. The van der Waals surface area contributed by atoms with E-state index in [4.69, 9.17) is 0 Å². The molecule has 2 rings (SSSR count). The lowest BCUT2D eigenvalue weighted by molar-refractivity contribution is -0.120. The molecule has 1 N–H and O–H groups in total. The summed E-state index contributed by atoms with van der Waals surface area (Å²) in [4.78, 5) is 13.5. The maximum atomic E-state index is 12.1. The van der Waals surface area contributed by atoms with Crippen LogP contribution in [0.15, 0.2) is 15.9 Å². The maximum absolute atomic E-state index is 12.1. The molecule has 0 radical (unpaired) electrons. The van der Waals surface area contributed by atoms with E-state index in [9.17, 15) is 4.79 Å². The van der Waals surface area contributed by atoms with Gasteiger partial charge in [0, 0.05) is 41.6 Å². The zero-order valence-electron chi connectivity index (χ0n) is 16.0. The second kappa shape index (κ2) is 10.5. The molecule has 7 heteroatoms. The number of hydrogen-bond donors (Lipinski definition) is 1. The molecule has 26 heavy (non-hydrogen) atoms. The minimum atomic E-state index is 0.125. The third-order valence-corrected chi connectivity index (χ3v) is 6.93. The Bertz CT molecular complexity index is 724. The average molecular weight is 458 g/mol. The fraction of sp³-hybridized carbons (Fsp3) is 0.579. The van der Waals surface area contributed by atoms with Crippen molar-refractivity contribution >= 4 is 44.9 Å². The van der Waals surface area contributed by atoms with E-state index >= 15 is 0 Å². The maximum Gasteiger partial charge on any atom is 0.220 e. The zero-order valence-corrected chi connectivity index (χ0v) is 19.2. The highest BCUT2D eigenvalue weighted by molar-refractivity contribution is 9.11. The third-order valence-electron chi connectivity index (χ3n) is 4.11. The van der Waals surface area contributed by atoms with Crippen molar-refractivity contribution in [2.24, 2.45) is 5.92 Å². The van der Waals surface area contributed by atoms with E-state index in [1.165, 1.54) is 19.9 Å². The van der Waals surface area contributed by atoms with Crippen molar-refractivity contribution in [1.82, 2.24) is 15.1 Å². The van der Waals surface area contributed by atoms with Gasteiger partial charge in [0.1, 0.15) is 0 Å². The van der Waals surface area contributed by atoms with Gasteiger partial charge in [0.25, 0.3) is 0 Å². The van der Waals surface area contributed by atoms with Gasteiger partial charge in [-0.2, -0.15) is 16.9 Å². The third kappa shape index (κ3) is 6.74. The summed E-state index contributed by atoms with van der Waals surface area (Å²) in [5, 5.41) is 7.65. The molecule has 2 aromatic heterocycles. The quantitative estimate of drug-likeness (QED) is 0.512. The fourth-order valence-electron chi connectivity index (χ4n) is 2.81. The van der Waals surface area contributed by atoms with Crippen LogP contribution in [-0.4, -0.2) is 28.0 Å². The number of amides is 1. The van der Waals surface area contributed by atoms with Crippen molar-refractivity contribution in [1.29, 1.82) is 0 Å². The first-order valence-corrected chi connectivity index (χ1v) is 11.7. The zero-order chi connectivity index (χ0) is 19.1. The molecule has 0 atom stereocenters. The molecule has 0 aliphatic carbocycles.